The van der Waals surface area contributed by atoms with Gasteiger partial charge in [-0.05, 0) is 31.7 Å². The van der Waals surface area contributed by atoms with Crippen molar-refractivity contribution in [2.75, 3.05) is 5.73 Å². The van der Waals surface area contributed by atoms with Gasteiger partial charge in [0.2, 0.25) is 0 Å². The molecule has 84 valence electrons. The third-order valence-corrected chi connectivity index (χ3v) is 2.93. The van der Waals surface area contributed by atoms with Crippen LogP contribution >= 0.6 is 0 Å². The van der Waals surface area contributed by atoms with E-state index >= 15 is 0 Å². The van der Waals surface area contributed by atoms with Crippen molar-refractivity contribution in [1.29, 1.82) is 0 Å². The number of pyridine rings is 1. The number of nitrogens with two attached hydrogens (primary N) is 1. The van der Waals surface area contributed by atoms with Crippen molar-refractivity contribution in [2.45, 2.75) is 32.1 Å². The number of anilines is 1. The quantitative estimate of drug-likeness (QED) is 0.624. The van der Waals surface area contributed by atoms with Crippen molar-refractivity contribution in [3.63, 3.8) is 0 Å². The van der Waals surface area contributed by atoms with Gasteiger partial charge in [-0.3, -0.25) is 9.78 Å². The molecular weight excluding hydrogens is 200 g/mol. The largest absolute Gasteiger partial charge is 0.398 e. The number of rotatable bonds is 3. The van der Waals surface area contributed by atoms with E-state index in [-0.39, 0.29) is 5.78 Å². The lowest BCUT2D eigenvalue weighted by atomic mass is 9.94. The van der Waals surface area contributed by atoms with E-state index in [4.69, 9.17) is 5.73 Å². The number of carbonyl (C=O) groups is 1. The van der Waals surface area contributed by atoms with Crippen LogP contribution in [0.2, 0.25) is 0 Å². The zero-order valence-electron chi connectivity index (χ0n) is 9.28. The topological polar surface area (TPSA) is 56.0 Å². The van der Waals surface area contributed by atoms with E-state index < -0.39 is 0 Å². The summed E-state index contributed by atoms with van der Waals surface area (Å²) in [6.07, 6.45) is 10.4. The first kappa shape index (κ1) is 10.9. The zero-order valence-corrected chi connectivity index (χ0v) is 9.28. The molecule has 1 heterocycles. The maximum Gasteiger partial charge on any atom is 0.170 e. The lowest BCUT2D eigenvalue weighted by Gasteiger charge is -2.12. The molecule has 2 N–H and O–H groups in total. The molecule has 1 aromatic rings. The average Bonchev–Trinajstić information content (AvgIpc) is 2.31. The summed E-state index contributed by atoms with van der Waals surface area (Å²) in [5.41, 5.74) is 8.07. The summed E-state index contributed by atoms with van der Waals surface area (Å²) in [5, 5.41) is 0. The van der Waals surface area contributed by atoms with Gasteiger partial charge in [-0.1, -0.05) is 11.6 Å². The van der Waals surface area contributed by atoms with Crippen LogP contribution in [0.1, 0.15) is 42.5 Å². The van der Waals surface area contributed by atoms with Gasteiger partial charge in [0.05, 0.1) is 5.56 Å². The van der Waals surface area contributed by atoms with Gasteiger partial charge in [0.15, 0.2) is 5.78 Å². The Kier molecular flexibility index (Phi) is 3.34. The van der Waals surface area contributed by atoms with Crippen LogP contribution < -0.4 is 5.73 Å². The normalized spacial score (nSPS) is 15.6. The fraction of sp³-hybridized carbons (Fsp3) is 0.385. The lowest BCUT2D eigenvalue weighted by Crippen LogP contribution is -2.06. The number of aromatic nitrogens is 1. The second-order valence-corrected chi connectivity index (χ2v) is 4.17. The smallest absolute Gasteiger partial charge is 0.170 e. The number of nitrogens with zero attached hydrogens (tertiary/aromatic N) is 1. The van der Waals surface area contributed by atoms with Crippen LogP contribution in [0, 0.1) is 0 Å². The molecule has 0 saturated heterocycles. The number of nitrogen functional groups attached to an aromatic ring is 1. The molecule has 3 heteroatoms. The number of allylic oxidation sites excluding steroid dienone is 2. The molecule has 1 aliphatic rings. The number of hydrogen-bond donors (Lipinski definition) is 1. The number of carbonyl (C=O) groups excluding carboxylic acids is 1. The van der Waals surface area contributed by atoms with Crippen molar-refractivity contribution < 1.29 is 4.79 Å². The summed E-state index contributed by atoms with van der Waals surface area (Å²) < 4.78 is 0. The second kappa shape index (κ2) is 4.92. The van der Waals surface area contributed by atoms with E-state index in [0.29, 0.717) is 17.7 Å². The van der Waals surface area contributed by atoms with Crippen LogP contribution in [-0.4, -0.2) is 10.8 Å². The fourth-order valence-electron chi connectivity index (χ4n) is 2.00. The van der Waals surface area contributed by atoms with Crippen LogP contribution in [0.4, 0.5) is 5.69 Å². The molecule has 0 spiro atoms. The molecule has 0 fully saturated rings. The maximum absolute atomic E-state index is 12.0. The molecule has 1 aromatic heterocycles. The molecule has 0 unspecified atom stereocenters. The molecule has 16 heavy (non-hydrogen) atoms. The predicted octanol–water partition coefficient (Wildman–Crippen LogP) is 2.74. The highest BCUT2D eigenvalue weighted by Crippen LogP contribution is 2.22. The van der Waals surface area contributed by atoms with E-state index in [0.717, 1.165) is 12.8 Å². The van der Waals surface area contributed by atoms with E-state index in [9.17, 15) is 4.79 Å². The Labute approximate surface area is 95.4 Å². The monoisotopic (exact) mass is 216 g/mol. The number of hydrogen-bond acceptors (Lipinski definition) is 3. The molecule has 0 saturated carbocycles. The van der Waals surface area contributed by atoms with Crippen LogP contribution in [-0.2, 0) is 0 Å². The van der Waals surface area contributed by atoms with Gasteiger partial charge in [-0.2, -0.15) is 0 Å². The summed E-state index contributed by atoms with van der Waals surface area (Å²) in [6, 6.07) is 1.67. The van der Waals surface area contributed by atoms with Gasteiger partial charge in [0, 0.05) is 24.5 Å². The standard InChI is InChI=1S/C13H16N2O/c14-12-6-7-15-9-11(12)13(16)8-10-4-2-1-3-5-10/h4,6-7,9H,1-3,5,8H2,(H2,14,15). The number of Topliss-reactive ketones (excluding diaryl/α,β-unsaturated/α-hetero) is 1. The summed E-state index contributed by atoms with van der Waals surface area (Å²) in [7, 11) is 0. The highest BCUT2D eigenvalue weighted by Gasteiger charge is 2.13. The van der Waals surface area contributed by atoms with Crippen LogP contribution in [0.25, 0.3) is 0 Å². The zero-order chi connectivity index (χ0) is 11.4. The average molecular weight is 216 g/mol. The molecular formula is C13H16N2O. The highest BCUT2D eigenvalue weighted by atomic mass is 16.1. The predicted molar refractivity (Wildman–Crippen MR) is 64.1 cm³/mol. The van der Waals surface area contributed by atoms with Crippen molar-refractivity contribution in [2.24, 2.45) is 0 Å². The Balaban J connectivity index is 2.08. The SMILES string of the molecule is Nc1ccncc1C(=O)CC1=CCCCC1. The summed E-state index contributed by atoms with van der Waals surface area (Å²) in [5.74, 6) is 0.0822. The minimum Gasteiger partial charge on any atom is -0.398 e. The van der Waals surface area contributed by atoms with Crippen molar-refractivity contribution in [1.82, 2.24) is 4.98 Å². The highest BCUT2D eigenvalue weighted by molar-refractivity contribution is 6.01. The Morgan fingerprint density at radius 3 is 3.00 bits per heavy atom. The van der Waals surface area contributed by atoms with Gasteiger partial charge < -0.3 is 5.73 Å². The Hall–Kier alpha value is -1.64. The maximum atomic E-state index is 12.0. The first-order valence-electron chi connectivity index (χ1n) is 5.68. The first-order valence-corrected chi connectivity index (χ1v) is 5.68. The van der Waals surface area contributed by atoms with Gasteiger partial charge >= 0.3 is 0 Å². The molecule has 0 aromatic carbocycles. The van der Waals surface area contributed by atoms with Crippen molar-refractivity contribution in [3.05, 3.63) is 35.7 Å². The van der Waals surface area contributed by atoms with Crippen molar-refractivity contribution >= 4 is 11.5 Å². The summed E-state index contributed by atoms with van der Waals surface area (Å²) in [6.45, 7) is 0. The van der Waals surface area contributed by atoms with Gasteiger partial charge in [-0.15, -0.1) is 0 Å². The lowest BCUT2D eigenvalue weighted by molar-refractivity contribution is 0.0992. The molecule has 3 nitrogen and oxygen atoms in total. The van der Waals surface area contributed by atoms with E-state index in [2.05, 4.69) is 11.1 Å². The van der Waals surface area contributed by atoms with Crippen LogP contribution in [0.3, 0.4) is 0 Å². The van der Waals surface area contributed by atoms with E-state index in [1.807, 2.05) is 0 Å². The first-order chi connectivity index (χ1) is 7.77. The molecule has 0 atom stereocenters. The van der Waals surface area contributed by atoms with Gasteiger partial charge in [-0.25, -0.2) is 0 Å². The minimum atomic E-state index is 0.0822. The van der Waals surface area contributed by atoms with Crippen LogP contribution in [0.15, 0.2) is 30.1 Å². The molecule has 0 bridgehead atoms. The molecule has 0 amide bonds. The van der Waals surface area contributed by atoms with Crippen molar-refractivity contribution in [3.8, 4) is 0 Å². The Morgan fingerprint density at radius 2 is 2.31 bits per heavy atom. The molecule has 1 aliphatic carbocycles. The summed E-state index contributed by atoms with van der Waals surface area (Å²) >= 11 is 0. The molecule has 2 rings (SSSR count). The third kappa shape index (κ3) is 2.48. The van der Waals surface area contributed by atoms with E-state index in [1.165, 1.54) is 18.4 Å². The van der Waals surface area contributed by atoms with Gasteiger partial charge in [0.25, 0.3) is 0 Å². The molecule has 0 aliphatic heterocycles. The third-order valence-electron chi connectivity index (χ3n) is 2.93. The van der Waals surface area contributed by atoms with Crippen LogP contribution in [0.5, 0.6) is 0 Å². The fourth-order valence-corrected chi connectivity index (χ4v) is 2.00. The number of ketones is 1. The minimum absolute atomic E-state index is 0.0822. The Morgan fingerprint density at radius 1 is 1.44 bits per heavy atom. The van der Waals surface area contributed by atoms with Gasteiger partial charge in [0.1, 0.15) is 0 Å². The van der Waals surface area contributed by atoms with E-state index in [1.54, 1.807) is 18.5 Å². The Bertz CT molecular complexity index is 424. The molecule has 0 radical (unpaired) electrons. The summed E-state index contributed by atoms with van der Waals surface area (Å²) in [4.78, 5) is 15.9. The second-order valence-electron chi connectivity index (χ2n) is 4.17.